The lowest BCUT2D eigenvalue weighted by Gasteiger charge is -2.03. The molecule has 0 radical (unpaired) electrons. The van der Waals surface area contributed by atoms with Gasteiger partial charge in [0.05, 0.1) is 0 Å². The number of hydrogen-bond donors (Lipinski definition) is 0. The van der Waals surface area contributed by atoms with Crippen LogP contribution in [0.4, 0.5) is 0 Å². The molecular formula is C10H14N2. The van der Waals surface area contributed by atoms with Gasteiger partial charge in [0.15, 0.2) is 0 Å². The first-order valence-electron chi connectivity index (χ1n) is 4.59. The number of nitrogens with zero attached hydrogens (tertiary/aromatic N) is 2. The molecule has 0 saturated heterocycles. The van der Waals surface area contributed by atoms with E-state index < -0.39 is 0 Å². The molecule has 64 valence electrons. The van der Waals surface area contributed by atoms with Crippen molar-refractivity contribution in [1.29, 1.82) is 0 Å². The Morgan fingerprint density at radius 3 is 2.25 bits per heavy atom. The molecule has 1 aliphatic carbocycles. The van der Waals surface area contributed by atoms with Gasteiger partial charge in [0.25, 0.3) is 0 Å². The molecule has 12 heavy (non-hydrogen) atoms. The number of hydrogen-bond acceptors (Lipinski definition) is 2. The molecule has 1 aromatic heterocycles. The Hall–Kier alpha value is -0.920. The Balaban J connectivity index is 2.18. The van der Waals surface area contributed by atoms with Crippen LogP contribution in [0, 0.1) is 0 Å². The minimum Gasteiger partial charge on any atom is -0.241 e. The van der Waals surface area contributed by atoms with Gasteiger partial charge in [-0.05, 0) is 24.3 Å². The van der Waals surface area contributed by atoms with Crippen LogP contribution in [-0.2, 0) is 0 Å². The maximum Gasteiger partial charge on any atom is 0.130 e. The van der Waals surface area contributed by atoms with Crippen LogP contribution in [0.1, 0.15) is 49.9 Å². The van der Waals surface area contributed by atoms with Gasteiger partial charge in [-0.3, -0.25) is 0 Å². The van der Waals surface area contributed by atoms with E-state index in [0.717, 1.165) is 11.7 Å². The molecule has 1 aromatic rings. The second-order valence-corrected chi connectivity index (χ2v) is 3.80. The van der Waals surface area contributed by atoms with Crippen LogP contribution in [0.15, 0.2) is 12.4 Å². The van der Waals surface area contributed by atoms with E-state index in [1.807, 2.05) is 12.4 Å². The maximum atomic E-state index is 4.33. The van der Waals surface area contributed by atoms with Crippen LogP contribution in [0.3, 0.4) is 0 Å². The first-order valence-corrected chi connectivity index (χ1v) is 4.59. The van der Waals surface area contributed by atoms with E-state index in [9.17, 15) is 0 Å². The molecule has 0 atom stereocenters. The summed E-state index contributed by atoms with van der Waals surface area (Å²) in [5.41, 5.74) is 1.32. The van der Waals surface area contributed by atoms with Gasteiger partial charge in [0.2, 0.25) is 0 Å². The Kier molecular flexibility index (Phi) is 1.83. The largest absolute Gasteiger partial charge is 0.241 e. The minimum atomic E-state index is 0.443. The third-order valence-corrected chi connectivity index (χ3v) is 2.26. The van der Waals surface area contributed by atoms with Gasteiger partial charge in [0, 0.05) is 18.3 Å². The van der Waals surface area contributed by atoms with Gasteiger partial charge in [0.1, 0.15) is 5.82 Å². The second-order valence-electron chi connectivity index (χ2n) is 3.80. The van der Waals surface area contributed by atoms with Gasteiger partial charge < -0.3 is 0 Å². The van der Waals surface area contributed by atoms with Crippen molar-refractivity contribution in [2.75, 3.05) is 0 Å². The Morgan fingerprint density at radius 1 is 1.25 bits per heavy atom. The molecule has 0 bridgehead atoms. The van der Waals surface area contributed by atoms with E-state index in [0.29, 0.717) is 5.92 Å². The summed E-state index contributed by atoms with van der Waals surface area (Å²) in [7, 11) is 0. The van der Waals surface area contributed by atoms with Crippen molar-refractivity contribution >= 4 is 0 Å². The summed E-state index contributed by atoms with van der Waals surface area (Å²) in [6.45, 7) is 4.23. The smallest absolute Gasteiger partial charge is 0.130 e. The summed E-state index contributed by atoms with van der Waals surface area (Å²) in [6.07, 6.45) is 6.62. The maximum absolute atomic E-state index is 4.33. The summed E-state index contributed by atoms with van der Waals surface area (Å²) in [5.74, 6) is 2.17. The fourth-order valence-electron chi connectivity index (χ4n) is 1.27. The monoisotopic (exact) mass is 162 g/mol. The lowest BCUT2D eigenvalue weighted by molar-refractivity contribution is 0.767. The number of rotatable bonds is 2. The van der Waals surface area contributed by atoms with Crippen LogP contribution >= 0.6 is 0 Å². The highest BCUT2D eigenvalue weighted by Gasteiger charge is 2.24. The molecule has 1 saturated carbocycles. The third kappa shape index (κ3) is 1.47. The Labute approximate surface area is 73.1 Å². The molecule has 0 unspecified atom stereocenters. The van der Waals surface area contributed by atoms with Crippen LogP contribution < -0.4 is 0 Å². The van der Waals surface area contributed by atoms with Crippen LogP contribution in [-0.4, -0.2) is 9.97 Å². The van der Waals surface area contributed by atoms with Crippen molar-refractivity contribution < 1.29 is 0 Å². The highest BCUT2D eigenvalue weighted by atomic mass is 14.9. The van der Waals surface area contributed by atoms with E-state index in [2.05, 4.69) is 23.8 Å². The Bertz CT molecular complexity index is 239. The van der Waals surface area contributed by atoms with Crippen LogP contribution in [0.2, 0.25) is 0 Å². The fourth-order valence-corrected chi connectivity index (χ4v) is 1.27. The molecule has 2 rings (SSSR count). The molecule has 1 heterocycles. The summed E-state index contributed by atoms with van der Waals surface area (Å²) >= 11 is 0. The third-order valence-electron chi connectivity index (χ3n) is 2.26. The summed E-state index contributed by atoms with van der Waals surface area (Å²) in [6, 6.07) is 0. The zero-order valence-corrected chi connectivity index (χ0v) is 7.62. The summed E-state index contributed by atoms with van der Waals surface area (Å²) < 4.78 is 0. The lowest BCUT2D eigenvalue weighted by Crippen LogP contribution is -1.97. The molecular weight excluding hydrogens is 148 g/mol. The quantitative estimate of drug-likeness (QED) is 0.667. The van der Waals surface area contributed by atoms with Gasteiger partial charge >= 0.3 is 0 Å². The van der Waals surface area contributed by atoms with E-state index in [1.165, 1.54) is 18.4 Å². The SMILES string of the molecule is CC(C)c1ncc(C2CC2)cn1. The van der Waals surface area contributed by atoms with Crippen molar-refractivity contribution in [3.8, 4) is 0 Å². The van der Waals surface area contributed by atoms with E-state index >= 15 is 0 Å². The van der Waals surface area contributed by atoms with E-state index in [-0.39, 0.29) is 0 Å². The average molecular weight is 162 g/mol. The predicted octanol–water partition coefficient (Wildman–Crippen LogP) is 2.48. The first kappa shape index (κ1) is 7.71. The highest BCUT2D eigenvalue weighted by molar-refractivity contribution is 5.17. The predicted molar refractivity (Wildman–Crippen MR) is 48.1 cm³/mol. The molecule has 2 nitrogen and oxygen atoms in total. The van der Waals surface area contributed by atoms with Crippen molar-refractivity contribution in [1.82, 2.24) is 9.97 Å². The standard InChI is InChI=1S/C10H14N2/c1-7(2)10-11-5-9(6-12-10)8-3-4-8/h5-8H,3-4H2,1-2H3. The molecule has 0 amide bonds. The van der Waals surface area contributed by atoms with Crippen molar-refractivity contribution in [3.63, 3.8) is 0 Å². The minimum absolute atomic E-state index is 0.443. The van der Waals surface area contributed by atoms with Gasteiger partial charge in [-0.25, -0.2) is 9.97 Å². The molecule has 0 N–H and O–H groups in total. The lowest BCUT2D eigenvalue weighted by atomic mass is 10.2. The molecule has 2 heteroatoms. The van der Waals surface area contributed by atoms with Gasteiger partial charge in [-0.1, -0.05) is 13.8 Å². The summed E-state index contributed by atoms with van der Waals surface area (Å²) in [4.78, 5) is 8.66. The van der Waals surface area contributed by atoms with Crippen LogP contribution in [0.25, 0.3) is 0 Å². The van der Waals surface area contributed by atoms with Crippen molar-refractivity contribution in [2.45, 2.75) is 38.5 Å². The Morgan fingerprint density at radius 2 is 1.83 bits per heavy atom. The van der Waals surface area contributed by atoms with E-state index in [1.54, 1.807) is 0 Å². The number of aromatic nitrogens is 2. The first-order chi connectivity index (χ1) is 5.77. The molecule has 1 aliphatic rings. The van der Waals surface area contributed by atoms with Crippen molar-refractivity contribution in [2.24, 2.45) is 0 Å². The normalized spacial score (nSPS) is 16.9. The van der Waals surface area contributed by atoms with Gasteiger partial charge in [-0.2, -0.15) is 0 Å². The molecule has 1 fully saturated rings. The summed E-state index contributed by atoms with van der Waals surface area (Å²) in [5, 5.41) is 0. The zero-order valence-electron chi connectivity index (χ0n) is 7.62. The fraction of sp³-hybridized carbons (Fsp3) is 0.600. The molecule has 0 aliphatic heterocycles. The molecule has 0 aromatic carbocycles. The topological polar surface area (TPSA) is 25.8 Å². The van der Waals surface area contributed by atoms with Gasteiger partial charge in [-0.15, -0.1) is 0 Å². The zero-order chi connectivity index (χ0) is 8.55. The highest BCUT2D eigenvalue weighted by Crippen LogP contribution is 2.39. The van der Waals surface area contributed by atoms with Crippen molar-refractivity contribution in [3.05, 3.63) is 23.8 Å². The van der Waals surface area contributed by atoms with E-state index in [4.69, 9.17) is 0 Å². The molecule has 0 spiro atoms. The average Bonchev–Trinajstić information content (AvgIpc) is 2.87. The second kappa shape index (κ2) is 2.85. The van der Waals surface area contributed by atoms with Crippen LogP contribution in [0.5, 0.6) is 0 Å².